The van der Waals surface area contributed by atoms with Gasteiger partial charge in [0.05, 0.1) is 5.69 Å². The van der Waals surface area contributed by atoms with Crippen LogP contribution in [0.3, 0.4) is 0 Å². The van der Waals surface area contributed by atoms with Gasteiger partial charge in [-0.1, -0.05) is 20.8 Å². The van der Waals surface area contributed by atoms with E-state index in [1.165, 1.54) is 5.56 Å². The monoisotopic (exact) mass is 266 g/mol. The lowest BCUT2D eigenvalue weighted by Crippen LogP contribution is -2.31. The fourth-order valence-corrected chi connectivity index (χ4v) is 1.90. The minimum absolute atomic E-state index is 0.0225. The summed E-state index contributed by atoms with van der Waals surface area (Å²) in [7, 11) is 0. The van der Waals surface area contributed by atoms with Gasteiger partial charge in [-0.25, -0.2) is 0 Å². The molecule has 5 heteroatoms. The maximum Gasteiger partial charge on any atom is 0.241 e. The van der Waals surface area contributed by atoms with E-state index in [4.69, 9.17) is 0 Å². The highest BCUT2D eigenvalue weighted by molar-refractivity contribution is 5.75. The summed E-state index contributed by atoms with van der Waals surface area (Å²) in [6.07, 6.45) is 0. The summed E-state index contributed by atoms with van der Waals surface area (Å²) in [5.74, 6) is 0.489. The van der Waals surface area contributed by atoms with Crippen molar-refractivity contribution in [3.63, 3.8) is 0 Å². The molecule has 1 amide bonds. The van der Waals surface area contributed by atoms with Gasteiger partial charge in [-0.05, 0) is 26.3 Å². The maximum absolute atomic E-state index is 11.8. The molecule has 0 unspecified atom stereocenters. The van der Waals surface area contributed by atoms with Crippen LogP contribution in [0.15, 0.2) is 0 Å². The summed E-state index contributed by atoms with van der Waals surface area (Å²) < 4.78 is 1.79. The number of nitrogens with zero attached hydrogens (tertiary/aromatic N) is 2. The molecule has 0 bridgehead atoms. The Labute approximate surface area is 115 Å². The molecule has 0 spiro atoms. The van der Waals surface area contributed by atoms with Crippen molar-refractivity contribution in [2.24, 2.45) is 5.92 Å². The largest absolute Gasteiger partial charge is 0.354 e. The van der Waals surface area contributed by atoms with Gasteiger partial charge in [0.25, 0.3) is 0 Å². The number of carbonyl (C=O) groups is 1. The van der Waals surface area contributed by atoms with Gasteiger partial charge >= 0.3 is 0 Å². The van der Waals surface area contributed by atoms with Crippen molar-refractivity contribution in [3.8, 4) is 0 Å². The molecular weight excluding hydrogens is 240 g/mol. The van der Waals surface area contributed by atoms with E-state index < -0.39 is 0 Å². The Hall–Kier alpha value is -1.36. The van der Waals surface area contributed by atoms with Crippen LogP contribution < -0.4 is 10.6 Å². The number of carbonyl (C=O) groups excluding carboxylic acids is 1. The molecule has 0 aliphatic heterocycles. The molecule has 1 heterocycles. The van der Waals surface area contributed by atoms with E-state index in [0.717, 1.165) is 24.5 Å². The van der Waals surface area contributed by atoms with E-state index in [1.54, 1.807) is 4.68 Å². The topological polar surface area (TPSA) is 59.0 Å². The lowest BCUT2D eigenvalue weighted by atomic mass is 10.2. The maximum atomic E-state index is 11.8. The Kier molecular flexibility index (Phi) is 6.02. The highest BCUT2D eigenvalue weighted by Gasteiger charge is 2.13. The Bertz CT molecular complexity index is 423. The third kappa shape index (κ3) is 4.67. The summed E-state index contributed by atoms with van der Waals surface area (Å²) in [4.78, 5) is 11.8. The minimum Gasteiger partial charge on any atom is -0.354 e. The standard InChI is InChI=1S/C14H26N4O/c1-6-15-8-13-11(4)17-18(12(13)5)9-14(19)16-7-10(2)3/h10,15H,6-9H2,1-5H3,(H,16,19). The smallest absolute Gasteiger partial charge is 0.241 e. The van der Waals surface area contributed by atoms with Crippen molar-refractivity contribution >= 4 is 5.91 Å². The van der Waals surface area contributed by atoms with Crippen molar-refractivity contribution in [1.82, 2.24) is 20.4 Å². The summed E-state index contributed by atoms with van der Waals surface area (Å²) in [5, 5.41) is 10.7. The Balaban J connectivity index is 2.66. The number of aryl methyl sites for hydroxylation is 1. The molecule has 1 aromatic heterocycles. The van der Waals surface area contributed by atoms with Crippen molar-refractivity contribution in [2.75, 3.05) is 13.1 Å². The average molecular weight is 266 g/mol. The first-order valence-corrected chi connectivity index (χ1v) is 6.96. The van der Waals surface area contributed by atoms with Crippen LogP contribution in [-0.4, -0.2) is 28.8 Å². The van der Waals surface area contributed by atoms with Crippen molar-refractivity contribution in [3.05, 3.63) is 17.0 Å². The highest BCUT2D eigenvalue weighted by atomic mass is 16.2. The zero-order valence-corrected chi connectivity index (χ0v) is 12.7. The van der Waals surface area contributed by atoms with E-state index in [2.05, 4.69) is 36.5 Å². The molecule has 1 aromatic rings. The van der Waals surface area contributed by atoms with Crippen LogP contribution >= 0.6 is 0 Å². The molecule has 2 N–H and O–H groups in total. The van der Waals surface area contributed by atoms with E-state index in [1.807, 2.05) is 13.8 Å². The van der Waals surface area contributed by atoms with E-state index in [-0.39, 0.29) is 5.91 Å². The Morgan fingerprint density at radius 2 is 2.05 bits per heavy atom. The average Bonchev–Trinajstić information content (AvgIpc) is 2.60. The normalized spacial score (nSPS) is 11.1. The van der Waals surface area contributed by atoms with Crippen LogP contribution in [0.25, 0.3) is 0 Å². The first-order chi connectivity index (χ1) is 8.95. The van der Waals surface area contributed by atoms with Gasteiger partial charge in [0.1, 0.15) is 6.54 Å². The lowest BCUT2D eigenvalue weighted by molar-refractivity contribution is -0.122. The van der Waals surface area contributed by atoms with Crippen LogP contribution in [-0.2, 0) is 17.9 Å². The summed E-state index contributed by atoms with van der Waals surface area (Å²) in [5.41, 5.74) is 3.26. The zero-order valence-electron chi connectivity index (χ0n) is 12.7. The third-order valence-electron chi connectivity index (χ3n) is 3.08. The third-order valence-corrected chi connectivity index (χ3v) is 3.08. The Morgan fingerprint density at radius 1 is 1.37 bits per heavy atom. The number of hydrogen-bond acceptors (Lipinski definition) is 3. The first-order valence-electron chi connectivity index (χ1n) is 6.96. The fraction of sp³-hybridized carbons (Fsp3) is 0.714. The van der Waals surface area contributed by atoms with Crippen molar-refractivity contribution in [2.45, 2.75) is 47.7 Å². The molecule has 1 rings (SSSR count). The molecule has 0 atom stereocenters. The van der Waals surface area contributed by atoms with Gasteiger partial charge in [0.2, 0.25) is 5.91 Å². The summed E-state index contributed by atoms with van der Waals surface area (Å²) in [6.45, 7) is 13.0. The van der Waals surface area contributed by atoms with Gasteiger partial charge in [-0.3, -0.25) is 9.48 Å². The second kappa shape index (κ2) is 7.28. The quantitative estimate of drug-likeness (QED) is 0.784. The lowest BCUT2D eigenvalue weighted by Gasteiger charge is -2.09. The van der Waals surface area contributed by atoms with Gasteiger partial charge in [0, 0.05) is 24.3 Å². The summed E-state index contributed by atoms with van der Waals surface area (Å²) in [6, 6.07) is 0. The second-order valence-corrected chi connectivity index (χ2v) is 5.29. The predicted molar refractivity (Wildman–Crippen MR) is 76.9 cm³/mol. The molecular formula is C14H26N4O. The molecule has 19 heavy (non-hydrogen) atoms. The Morgan fingerprint density at radius 3 is 2.63 bits per heavy atom. The first kappa shape index (κ1) is 15.7. The van der Waals surface area contributed by atoms with Crippen molar-refractivity contribution < 1.29 is 4.79 Å². The molecule has 108 valence electrons. The molecule has 5 nitrogen and oxygen atoms in total. The number of aromatic nitrogens is 2. The minimum atomic E-state index is 0.0225. The number of nitrogens with one attached hydrogen (secondary N) is 2. The highest BCUT2D eigenvalue weighted by Crippen LogP contribution is 2.12. The van der Waals surface area contributed by atoms with E-state index >= 15 is 0 Å². The van der Waals surface area contributed by atoms with Gasteiger partial charge in [0.15, 0.2) is 0 Å². The number of amides is 1. The van der Waals surface area contributed by atoms with Crippen LogP contribution in [0.4, 0.5) is 0 Å². The molecule has 0 radical (unpaired) electrons. The van der Waals surface area contributed by atoms with E-state index in [9.17, 15) is 4.79 Å². The molecule has 0 saturated heterocycles. The summed E-state index contributed by atoms with van der Waals surface area (Å²) >= 11 is 0. The fourth-order valence-electron chi connectivity index (χ4n) is 1.90. The van der Waals surface area contributed by atoms with E-state index in [0.29, 0.717) is 19.0 Å². The van der Waals surface area contributed by atoms with Gasteiger partial charge in [-0.15, -0.1) is 0 Å². The molecule has 0 aliphatic carbocycles. The molecule has 0 fully saturated rings. The van der Waals surface area contributed by atoms with Crippen LogP contribution in [0.2, 0.25) is 0 Å². The molecule has 0 saturated carbocycles. The van der Waals surface area contributed by atoms with Crippen LogP contribution in [0.5, 0.6) is 0 Å². The van der Waals surface area contributed by atoms with Crippen LogP contribution in [0.1, 0.15) is 37.7 Å². The van der Waals surface area contributed by atoms with Gasteiger partial charge in [-0.2, -0.15) is 5.10 Å². The predicted octanol–water partition coefficient (Wildman–Crippen LogP) is 1.38. The molecule has 0 aromatic carbocycles. The molecule has 0 aliphatic rings. The zero-order chi connectivity index (χ0) is 14.4. The van der Waals surface area contributed by atoms with Crippen LogP contribution in [0, 0.1) is 19.8 Å². The second-order valence-electron chi connectivity index (χ2n) is 5.29. The van der Waals surface area contributed by atoms with Crippen molar-refractivity contribution in [1.29, 1.82) is 0 Å². The SMILES string of the molecule is CCNCc1c(C)nn(CC(=O)NCC(C)C)c1C. The van der Waals surface area contributed by atoms with Gasteiger partial charge < -0.3 is 10.6 Å². The number of hydrogen-bond donors (Lipinski definition) is 2. The number of rotatable bonds is 7.